The summed E-state index contributed by atoms with van der Waals surface area (Å²) in [7, 11) is 0. The highest BCUT2D eigenvalue weighted by Crippen LogP contribution is 2.11. The van der Waals surface area contributed by atoms with Crippen molar-refractivity contribution in [3.8, 4) is 0 Å². The lowest BCUT2D eigenvalue weighted by Gasteiger charge is -2.30. The topological polar surface area (TPSA) is 50.4 Å². The molecule has 0 aromatic carbocycles. The summed E-state index contributed by atoms with van der Waals surface area (Å²) in [6.45, 7) is 8.28. The molecule has 0 radical (unpaired) electrons. The molecule has 2 N–H and O–H groups in total. The molecule has 0 aromatic rings. The molecule has 1 heterocycles. The van der Waals surface area contributed by atoms with E-state index in [9.17, 15) is 4.79 Å². The van der Waals surface area contributed by atoms with Crippen LogP contribution in [0, 0.1) is 0 Å². The van der Waals surface area contributed by atoms with E-state index < -0.39 is 0 Å². The molecule has 0 aliphatic carbocycles. The normalized spacial score (nSPS) is 22.5. The van der Waals surface area contributed by atoms with Crippen LogP contribution in [0.3, 0.4) is 0 Å². The Balaban J connectivity index is 2.39. The third kappa shape index (κ3) is 4.18. The zero-order chi connectivity index (χ0) is 11.3. The lowest BCUT2D eigenvalue weighted by Crippen LogP contribution is -2.53. The van der Waals surface area contributed by atoms with Gasteiger partial charge in [-0.2, -0.15) is 0 Å². The molecule has 4 nitrogen and oxygen atoms in total. The predicted octanol–water partition coefficient (Wildman–Crippen LogP) is 0.670. The second-order valence-electron chi connectivity index (χ2n) is 4.69. The van der Waals surface area contributed by atoms with E-state index in [2.05, 4.69) is 17.6 Å². The molecule has 1 unspecified atom stereocenters. The molecular formula is C11H22N2O2. The number of hydrogen-bond donors (Lipinski definition) is 2. The Kier molecular flexibility index (Phi) is 4.54. The van der Waals surface area contributed by atoms with Gasteiger partial charge < -0.3 is 15.4 Å². The van der Waals surface area contributed by atoms with Gasteiger partial charge in [-0.15, -0.1) is 0 Å². The molecule has 0 spiro atoms. The summed E-state index contributed by atoms with van der Waals surface area (Å²) in [5, 5.41) is 6.17. The molecule has 0 aromatic heterocycles. The fraction of sp³-hybridized carbons (Fsp3) is 0.909. The second kappa shape index (κ2) is 5.47. The SMILES string of the molecule is CCCC(C)(C)NC(=O)C1CNCCO1. The monoisotopic (exact) mass is 214 g/mol. The van der Waals surface area contributed by atoms with Gasteiger partial charge in [-0.05, 0) is 20.3 Å². The molecule has 15 heavy (non-hydrogen) atoms. The van der Waals surface area contributed by atoms with Crippen molar-refractivity contribution in [2.45, 2.75) is 45.3 Å². The van der Waals surface area contributed by atoms with Gasteiger partial charge >= 0.3 is 0 Å². The van der Waals surface area contributed by atoms with E-state index in [1.54, 1.807) is 0 Å². The van der Waals surface area contributed by atoms with Crippen molar-refractivity contribution >= 4 is 5.91 Å². The Morgan fingerprint density at radius 1 is 1.60 bits per heavy atom. The van der Waals surface area contributed by atoms with E-state index in [-0.39, 0.29) is 17.6 Å². The fourth-order valence-corrected chi connectivity index (χ4v) is 1.84. The number of ether oxygens (including phenoxy) is 1. The molecule has 88 valence electrons. The quantitative estimate of drug-likeness (QED) is 0.723. The van der Waals surface area contributed by atoms with Crippen LogP contribution in [0.4, 0.5) is 0 Å². The van der Waals surface area contributed by atoms with Crippen LogP contribution in [0.5, 0.6) is 0 Å². The molecule has 1 aliphatic rings. The highest BCUT2D eigenvalue weighted by Gasteiger charge is 2.26. The van der Waals surface area contributed by atoms with Gasteiger partial charge in [-0.25, -0.2) is 0 Å². The number of hydrogen-bond acceptors (Lipinski definition) is 3. The summed E-state index contributed by atoms with van der Waals surface area (Å²) in [6.07, 6.45) is 1.73. The largest absolute Gasteiger partial charge is 0.366 e. The lowest BCUT2D eigenvalue weighted by atomic mass is 9.98. The molecule has 1 aliphatic heterocycles. The Hall–Kier alpha value is -0.610. The number of morpholine rings is 1. The van der Waals surface area contributed by atoms with Crippen molar-refractivity contribution in [1.82, 2.24) is 10.6 Å². The summed E-state index contributed by atoms with van der Waals surface area (Å²) in [5.41, 5.74) is -0.132. The number of nitrogens with one attached hydrogen (secondary N) is 2. The minimum absolute atomic E-state index is 0.000602. The Morgan fingerprint density at radius 2 is 2.33 bits per heavy atom. The molecule has 1 saturated heterocycles. The number of carbonyl (C=O) groups is 1. The van der Waals surface area contributed by atoms with Crippen LogP contribution in [0.1, 0.15) is 33.6 Å². The lowest BCUT2D eigenvalue weighted by molar-refractivity contribution is -0.136. The molecule has 4 heteroatoms. The maximum Gasteiger partial charge on any atom is 0.250 e. The summed E-state index contributed by atoms with van der Waals surface area (Å²) in [5.74, 6) is 0.000602. The first-order valence-electron chi connectivity index (χ1n) is 5.69. The van der Waals surface area contributed by atoms with Crippen LogP contribution in [0.15, 0.2) is 0 Å². The van der Waals surface area contributed by atoms with E-state index in [0.29, 0.717) is 13.2 Å². The predicted molar refractivity (Wildman–Crippen MR) is 59.7 cm³/mol. The van der Waals surface area contributed by atoms with E-state index in [1.807, 2.05) is 13.8 Å². The van der Waals surface area contributed by atoms with E-state index in [0.717, 1.165) is 19.4 Å². The van der Waals surface area contributed by atoms with Crippen LogP contribution in [-0.4, -0.2) is 37.2 Å². The molecular weight excluding hydrogens is 192 g/mol. The molecule has 1 rings (SSSR count). The zero-order valence-corrected chi connectivity index (χ0v) is 9.93. The van der Waals surface area contributed by atoms with Crippen molar-refractivity contribution in [1.29, 1.82) is 0 Å². The van der Waals surface area contributed by atoms with Crippen molar-refractivity contribution in [2.24, 2.45) is 0 Å². The van der Waals surface area contributed by atoms with Gasteiger partial charge in [0.1, 0.15) is 6.10 Å². The zero-order valence-electron chi connectivity index (χ0n) is 9.93. The van der Waals surface area contributed by atoms with Crippen LogP contribution in [0.25, 0.3) is 0 Å². The molecule has 0 bridgehead atoms. The summed E-state index contributed by atoms with van der Waals surface area (Å²) >= 11 is 0. The number of amides is 1. The van der Waals surface area contributed by atoms with Crippen LogP contribution in [0.2, 0.25) is 0 Å². The average molecular weight is 214 g/mol. The van der Waals surface area contributed by atoms with Gasteiger partial charge in [-0.1, -0.05) is 13.3 Å². The van der Waals surface area contributed by atoms with Crippen LogP contribution >= 0.6 is 0 Å². The highest BCUT2D eigenvalue weighted by molar-refractivity contribution is 5.81. The smallest absolute Gasteiger partial charge is 0.250 e. The second-order valence-corrected chi connectivity index (χ2v) is 4.69. The third-order valence-electron chi connectivity index (χ3n) is 2.56. The first-order chi connectivity index (χ1) is 7.05. The van der Waals surface area contributed by atoms with Crippen LogP contribution < -0.4 is 10.6 Å². The molecule has 1 atom stereocenters. The minimum atomic E-state index is -0.324. The standard InChI is InChI=1S/C11H22N2O2/c1-4-5-11(2,3)13-10(14)9-8-12-6-7-15-9/h9,12H,4-8H2,1-3H3,(H,13,14). The first-order valence-corrected chi connectivity index (χ1v) is 5.69. The molecule has 0 saturated carbocycles. The van der Waals surface area contributed by atoms with E-state index >= 15 is 0 Å². The summed E-state index contributed by atoms with van der Waals surface area (Å²) < 4.78 is 5.39. The number of rotatable bonds is 4. The van der Waals surface area contributed by atoms with E-state index in [4.69, 9.17) is 4.74 Å². The van der Waals surface area contributed by atoms with Crippen molar-refractivity contribution in [3.63, 3.8) is 0 Å². The fourth-order valence-electron chi connectivity index (χ4n) is 1.84. The van der Waals surface area contributed by atoms with E-state index in [1.165, 1.54) is 0 Å². The summed E-state index contributed by atoms with van der Waals surface area (Å²) in [4.78, 5) is 11.8. The average Bonchev–Trinajstić information content (AvgIpc) is 2.18. The van der Waals surface area contributed by atoms with Gasteiger partial charge in [0, 0.05) is 18.6 Å². The Bertz CT molecular complexity index is 211. The van der Waals surface area contributed by atoms with Gasteiger partial charge in [0.05, 0.1) is 6.61 Å². The van der Waals surface area contributed by atoms with Gasteiger partial charge in [0.2, 0.25) is 0 Å². The molecule has 1 amide bonds. The maximum absolute atomic E-state index is 11.8. The van der Waals surface area contributed by atoms with Crippen molar-refractivity contribution in [2.75, 3.05) is 19.7 Å². The Morgan fingerprint density at radius 3 is 2.87 bits per heavy atom. The van der Waals surface area contributed by atoms with Crippen molar-refractivity contribution in [3.05, 3.63) is 0 Å². The minimum Gasteiger partial charge on any atom is -0.366 e. The van der Waals surface area contributed by atoms with Gasteiger partial charge in [0.25, 0.3) is 5.91 Å². The van der Waals surface area contributed by atoms with Crippen LogP contribution in [-0.2, 0) is 9.53 Å². The number of carbonyl (C=O) groups excluding carboxylic acids is 1. The third-order valence-corrected chi connectivity index (χ3v) is 2.56. The van der Waals surface area contributed by atoms with Gasteiger partial charge in [0.15, 0.2) is 0 Å². The summed E-state index contributed by atoms with van der Waals surface area (Å²) in [6, 6.07) is 0. The highest BCUT2D eigenvalue weighted by atomic mass is 16.5. The first kappa shape index (κ1) is 12.5. The Labute approximate surface area is 91.8 Å². The maximum atomic E-state index is 11.8. The van der Waals surface area contributed by atoms with Crippen molar-refractivity contribution < 1.29 is 9.53 Å². The molecule has 1 fully saturated rings. The van der Waals surface area contributed by atoms with Gasteiger partial charge in [-0.3, -0.25) is 4.79 Å².